The van der Waals surface area contributed by atoms with Crippen molar-refractivity contribution < 1.29 is 8.78 Å². The fourth-order valence-electron chi connectivity index (χ4n) is 1.07. The molecule has 0 saturated heterocycles. The second kappa shape index (κ2) is 4.13. The molecule has 0 fully saturated rings. The van der Waals surface area contributed by atoms with Crippen molar-refractivity contribution >= 4 is 15.9 Å². The number of hydrogen-bond donors (Lipinski definition) is 0. The lowest BCUT2D eigenvalue weighted by Gasteiger charge is -2.08. The number of halogens is 3. The Kier molecular flexibility index (Phi) is 3.36. The highest BCUT2D eigenvalue weighted by Crippen LogP contribution is 2.22. The van der Waals surface area contributed by atoms with Crippen LogP contribution in [0, 0.1) is 13.8 Å². The molecule has 0 N–H and O–H groups in total. The molecular weight excluding hydrogens is 240 g/mol. The fraction of sp³-hybridized carbons (Fsp3) is 0.444. The number of alkyl halides is 3. The van der Waals surface area contributed by atoms with Gasteiger partial charge < -0.3 is 0 Å². The molecular formula is C9H10BrF2N. The Labute approximate surface area is 84.3 Å². The molecule has 1 nitrogen and oxygen atoms in total. The van der Waals surface area contributed by atoms with E-state index in [1.807, 2.05) is 13.8 Å². The monoisotopic (exact) mass is 249 g/mol. The van der Waals surface area contributed by atoms with Gasteiger partial charge in [-0.1, -0.05) is 15.9 Å². The van der Waals surface area contributed by atoms with Gasteiger partial charge in [0.1, 0.15) is 5.69 Å². The Morgan fingerprint density at radius 3 is 2.54 bits per heavy atom. The summed E-state index contributed by atoms with van der Waals surface area (Å²) in [5.41, 5.74) is 2.38. The smallest absolute Gasteiger partial charge is 0.251 e. The molecule has 1 rings (SSSR count). The maximum absolute atomic E-state index is 12.3. The van der Waals surface area contributed by atoms with E-state index in [4.69, 9.17) is 0 Å². The zero-order valence-corrected chi connectivity index (χ0v) is 9.03. The van der Waals surface area contributed by atoms with Crippen molar-refractivity contribution in [1.82, 2.24) is 4.98 Å². The molecule has 0 aliphatic heterocycles. The quantitative estimate of drug-likeness (QED) is 0.731. The molecule has 0 spiro atoms. The molecule has 0 amide bonds. The summed E-state index contributed by atoms with van der Waals surface area (Å²) >= 11 is 3.22. The highest BCUT2D eigenvalue weighted by Gasteiger charge is 2.12. The number of pyridine rings is 1. The van der Waals surface area contributed by atoms with Crippen LogP contribution >= 0.6 is 15.9 Å². The highest BCUT2D eigenvalue weighted by atomic mass is 79.9. The normalized spacial score (nSPS) is 10.9. The maximum atomic E-state index is 12.3. The van der Waals surface area contributed by atoms with E-state index in [1.165, 1.54) is 6.07 Å². The van der Waals surface area contributed by atoms with Crippen LogP contribution in [0.3, 0.4) is 0 Å². The minimum atomic E-state index is -2.49. The SMILES string of the molecule is Cc1cc(C(F)F)nc(CBr)c1C. The lowest BCUT2D eigenvalue weighted by Crippen LogP contribution is -1.99. The molecule has 72 valence electrons. The van der Waals surface area contributed by atoms with Crippen molar-refractivity contribution in [3.8, 4) is 0 Å². The van der Waals surface area contributed by atoms with Gasteiger partial charge in [0, 0.05) is 5.33 Å². The maximum Gasteiger partial charge on any atom is 0.280 e. The minimum Gasteiger partial charge on any atom is -0.251 e. The van der Waals surface area contributed by atoms with Crippen LogP contribution in [-0.4, -0.2) is 4.98 Å². The van der Waals surface area contributed by atoms with E-state index in [9.17, 15) is 8.78 Å². The first kappa shape index (κ1) is 10.6. The summed E-state index contributed by atoms with van der Waals surface area (Å²) in [4.78, 5) is 3.85. The first-order chi connectivity index (χ1) is 6.06. The van der Waals surface area contributed by atoms with Crippen molar-refractivity contribution in [2.24, 2.45) is 0 Å². The van der Waals surface area contributed by atoms with Crippen LogP contribution in [0.1, 0.15) is 28.9 Å². The van der Waals surface area contributed by atoms with Gasteiger partial charge >= 0.3 is 0 Å². The van der Waals surface area contributed by atoms with E-state index in [0.29, 0.717) is 11.0 Å². The van der Waals surface area contributed by atoms with Gasteiger partial charge in [0.05, 0.1) is 5.69 Å². The first-order valence-corrected chi connectivity index (χ1v) is 4.99. The molecule has 0 radical (unpaired) electrons. The van der Waals surface area contributed by atoms with Gasteiger partial charge in [-0.2, -0.15) is 0 Å². The third kappa shape index (κ3) is 2.24. The standard InChI is InChI=1S/C9H10BrF2N/c1-5-3-7(9(11)12)13-8(4-10)6(5)2/h3,9H,4H2,1-2H3. The molecule has 0 atom stereocenters. The van der Waals surface area contributed by atoms with Crippen LogP contribution in [0.4, 0.5) is 8.78 Å². The van der Waals surface area contributed by atoms with Gasteiger partial charge in [-0.25, -0.2) is 8.78 Å². The van der Waals surface area contributed by atoms with Crippen LogP contribution in [0.2, 0.25) is 0 Å². The van der Waals surface area contributed by atoms with E-state index < -0.39 is 6.43 Å². The van der Waals surface area contributed by atoms with Gasteiger partial charge in [-0.15, -0.1) is 0 Å². The predicted molar refractivity (Wildman–Crippen MR) is 51.3 cm³/mol. The molecule has 0 unspecified atom stereocenters. The van der Waals surface area contributed by atoms with Gasteiger partial charge in [0.15, 0.2) is 0 Å². The number of hydrogen-bond acceptors (Lipinski definition) is 1. The highest BCUT2D eigenvalue weighted by molar-refractivity contribution is 9.08. The first-order valence-electron chi connectivity index (χ1n) is 3.87. The summed E-state index contributed by atoms with van der Waals surface area (Å²) in [6.45, 7) is 3.70. The molecule has 0 aromatic carbocycles. The number of rotatable bonds is 2. The zero-order chi connectivity index (χ0) is 10.0. The van der Waals surface area contributed by atoms with E-state index in [-0.39, 0.29) is 5.69 Å². The fourth-order valence-corrected chi connectivity index (χ4v) is 1.62. The van der Waals surface area contributed by atoms with Crippen molar-refractivity contribution in [3.63, 3.8) is 0 Å². The van der Waals surface area contributed by atoms with Crippen LogP contribution in [0.15, 0.2) is 6.07 Å². The summed E-state index contributed by atoms with van der Waals surface area (Å²) in [5, 5.41) is 0.514. The topological polar surface area (TPSA) is 12.9 Å². The molecule has 0 aliphatic carbocycles. The molecule has 13 heavy (non-hydrogen) atoms. The summed E-state index contributed by atoms with van der Waals surface area (Å²) < 4.78 is 24.6. The van der Waals surface area contributed by atoms with Gasteiger partial charge in [0.25, 0.3) is 6.43 Å². The van der Waals surface area contributed by atoms with Crippen LogP contribution in [0.25, 0.3) is 0 Å². The Morgan fingerprint density at radius 2 is 2.08 bits per heavy atom. The summed E-state index contributed by atoms with van der Waals surface area (Å²) in [6.07, 6.45) is -2.49. The van der Waals surface area contributed by atoms with Gasteiger partial charge in [-0.3, -0.25) is 4.98 Å². The average Bonchev–Trinajstić information content (AvgIpc) is 2.09. The van der Waals surface area contributed by atoms with Crippen LogP contribution in [0.5, 0.6) is 0 Å². The molecule has 1 heterocycles. The lowest BCUT2D eigenvalue weighted by molar-refractivity contribution is 0.145. The molecule has 1 aromatic heterocycles. The molecule has 0 saturated carbocycles. The molecule has 0 aliphatic rings. The van der Waals surface area contributed by atoms with Gasteiger partial charge in [0.2, 0.25) is 0 Å². The second-order valence-electron chi connectivity index (χ2n) is 2.87. The minimum absolute atomic E-state index is 0.141. The average molecular weight is 250 g/mol. The number of aryl methyl sites for hydroxylation is 1. The third-order valence-electron chi connectivity index (χ3n) is 2.00. The summed E-state index contributed by atoms with van der Waals surface area (Å²) in [6, 6.07) is 1.44. The second-order valence-corrected chi connectivity index (χ2v) is 3.43. The van der Waals surface area contributed by atoms with E-state index in [1.54, 1.807) is 0 Å². The molecule has 1 aromatic rings. The summed E-state index contributed by atoms with van der Waals surface area (Å²) in [5.74, 6) is 0. The Morgan fingerprint density at radius 1 is 1.46 bits per heavy atom. The van der Waals surface area contributed by atoms with Crippen LogP contribution < -0.4 is 0 Å². The Balaban J connectivity index is 3.22. The van der Waals surface area contributed by atoms with Crippen molar-refractivity contribution in [2.45, 2.75) is 25.6 Å². The van der Waals surface area contributed by atoms with Crippen molar-refractivity contribution in [3.05, 3.63) is 28.6 Å². The largest absolute Gasteiger partial charge is 0.280 e. The predicted octanol–water partition coefficient (Wildman–Crippen LogP) is 3.53. The summed E-state index contributed by atoms with van der Waals surface area (Å²) in [7, 11) is 0. The Bertz CT molecular complexity index is 313. The van der Waals surface area contributed by atoms with Crippen molar-refractivity contribution in [1.29, 1.82) is 0 Å². The van der Waals surface area contributed by atoms with E-state index in [2.05, 4.69) is 20.9 Å². The lowest BCUT2D eigenvalue weighted by atomic mass is 10.1. The third-order valence-corrected chi connectivity index (χ3v) is 2.53. The van der Waals surface area contributed by atoms with Crippen LogP contribution in [-0.2, 0) is 5.33 Å². The Hall–Kier alpha value is -0.510. The zero-order valence-electron chi connectivity index (χ0n) is 7.44. The van der Waals surface area contributed by atoms with Gasteiger partial charge in [-0.05, 0) is 31.0 Å². The number of aromatic nitrogens is 1. The molecule has 0 bridgehead atoms. The van der Waals surface area contributed by atoms with E-state index >= 15 is 0 Å². The van der Waals surface area contributed by atoms with Crippen molar-refractivity contribution in [2.75, 3.05) is 0 Å². The van der Waals surface area contributed by atoms with E-state index in [0.717, 1.165) is 11.1 Å². The molecule has 4 heteroatoms. The number of nitrogens with zero attached hydrogens (tertiary/aromatic N) is 1.